The smallest absolute Gasteiger partial charge is 0.251 e. The number of aromatic nitrogens is 2. The molecule has 0 radical (unpaired) electrons. The first-order valence-electron chi connectivity index (χ1n) is 5.46. The molecule has 90 valence electrons. The molecule has 0 amide bonds. The van der Waals surface area contributed by atoms with Crippen molar-refractivity contribution in [2.24, 2.45) is 7.05 Å². The van der Waals surface area contributed by atoms with Crippen molar-refractivity contribution in [1.82, 2.24) is 14.9 Å². The maximum atomic E-state index is 11.5. The van der Waals surface area contributed by atoms with Gasteiger partial charge in [0.2, 0.25) is 5.88 Å². The molecule has 0 saturated carbocycles. The molecule has 0 aliphatic heterocycles. The van der Waals surface area contributed by atoms with Crippen molar-refractivity contribution in [3.05, 3.63) is 34.6 Å². The Labute approximate surface area is 99.0 Å². The molecule has 0 aliphatic rings. The fourth-order valence-corrected chi connectivity index (χ4v) is 1.56. The zero-order chi connectivity index (χ0) is 12.3. The fourth-order valence-electron chi connectivity index (χ4n) is 1.56. The van der Waals surface area contributed by atoms with Crippen molar-refractivity contribution in [2.75, 3.05) is 20.2 Å². The molecule has 17 heavy (non-hydrogen) atoms. The van der Waals surface area contributed by atoms with E-state index < -0.39 is 0 Å². The molecule has 0 aromatic carbocycles. The quantitative estimate of drug-likeness (QED) is 0.783. The molecule has 0 atom stereocenters. The normalized spacial score (nSPS) is 10.7. The minimum atomic E-state index is -0.0719. The van der Waals surface area contributed by atoms with Crippen LogP contribution in [0.5, 0.6) is 5.88 Å². The molecule has 0 spiro atoms. The summed E-state index contributed by atoms with van der Waals surface area (Å²) >= 11 is 0. The van der Waals surface area contributed by atoms with E-state index in [1.165, 1.54) is 10.6 Å². The summed E-state index contributed by atoms with van der Waals surface area (Å²) in [7, 11) is 3.57. The number of rotatable bonds is 4. The standard InChI is InChI=1S/C12H15N3O2/c1-13-7-8-17-10-5-3-9-4-6-11(16)15(2)12(9)14-10/h3-6,13H,7-8H2,1-2H3. The molecule has 2 aromatic heterocycles. The molecule has 2 rings (SSSR count). The van der Waals surface area contributed by atoms with Crippen molar-refractivity contribution in [1.29, 1.82) is 0 Å². The highest BCUT2D eigenvalue weighted by Gasteiger charge is 2.03. The predicted molar refractivity (Wildman–Crippen MR) is 66.4 cm³/mol. The molecular weight excluding hydrogens is 218 g/mol. The van der Waals surface area contributed by atoms with E-state index >= 15 is 0 Å². The SMILES string of the molecule is CNCCOc1ccc2ccc(=O)n(C)c2n1. The number of likely N-dealkylation sites (N-methyl/N-ethyl adjacent to an activating group) is 1. The Hall–Kier alpha value is -1.88. The van der Waals surface area contributed by atoms with Gasteiger partial charge in [0.15, 0.2) is 0 Å². The zero-order valence-electron chi connectivity index (χ0n) is 9.93. The summed E-state index contributed by atoms with van der Waals surface area (Å²) in [6.45, 7) is 1.31. The van der Waals surface area contributed by atoms with Crippen molar-refractivity contribution >= 4 is 11.0 Å². The third-order valence-electron chi connectivity index (χ3n) is 2.54. The number of ether oxygens (including phenoxy) is 1. The van der Waals surface area contributed by atoms with Gasteiger partial charge in [0.05, 0.1) is 0 Å². The highest BCUT2D eigenvalue weighted by molar-refractivity contribution is 5.75. The van der Waals surface area contributed by atoms with Crippen LogP contribution < -0.4 is 15.6 Å². The van der Waals surface area contributed by atoms with Crippen molar-refractivity contribution < 1.29 is 4.74 Å². The first kappa shape index (κ1) is 11.6. The number of fused-ring (bicyclic) bond motifs is 1. The first-order chi connectivity index (χ1) is 8.22. The molecule has 5 nitrogen and oxygen atoms in total. The molecule has 2 heterocycles. The van der Waals surface area contributed by atoms with Gasteiger partial charge < -0.3 is 10.1 Å². The molecule has 0 bridgehead atoms. The van der Waals surface area contributed by atoms with E-state index in [2.05, 4.69) is 10.3 Å². The Kier molecular flexibility index (Phi) is 3.39. The van der Waals surface area contributed by atoms with Crippen LogP contribution in [0.1, 0.15) is 0 Å². The summed E-state index contributed by atoms with van der Waals surface area (Å²) in [5.41, 5.74) is 0.567. The number of nitrogens with one attached hydrogen (secondary N) is 1. The van der Waals surface area contributed by atoms with E-state index in [-0.39, 0.29) is 5.56 Å². The molecule has 0 fully saturated rings. The summed E-state index contributed by atoms with van der Waals surface area (Å²) in [5, 5.41) is 3.91. The molecule has 2 aromatic rings. The Morgan fingerprint density at radius 3 is 2.88 bits per heavy atom. The van der Waals surface area contributed by atoms with Gasteiger partial charge in [-0.05, 0) is 19.2 Å². The second kappa shape index (κ2) is 4.97. The van der Waals surface area contributed by atoms with Gasteiger partial charge in [0, 0.05) is 31.1 Å². The summed E-state index contributed by atoms with van der Waals surface area (Å²) in [6.07, 6.45) is 0. The van der Waals surface area contributed by atoms with Crippen LogP contribution in [0.2, 0.25) is 0 Å². The van der Waals surface area contributed by atoms with Crippen LogP contribution in [0.25, 0.3) is 11.0 Å². The van der Waals surface area contributed by atoms with Crippen LogP contribution in [0, 0.1) is 0 Å². The monoisotopic (exact) mass is 233 g/mol. The van der Waals surface area contributed by atoms with Gasteiger partial charge in [-0.15, -0.1) is 0 Å². The maximum absolute atomic E-state index is 11.5. The number of nitrogens with zero attached hydrogens (tertiary/aromatic N) is 2. The second-order valence-electron chi connectivity index (χ2n) is 3.74. The Bertz CT molecular complexity index is 577. The van der Waals surface area contributed by atoms with Gasteiger partial charge in [-0.2, -0.15) is 4.98 Å². The lowest BCUT2D eigenvalue weighted by atomic mass is 10.3. The highest BCUT2D eigenvalue weighted by Crippen LogP contribution is 2.14. The Balaban J connectivity index is 2.35. The lowest BCUT2D eigenvalue weighted by Gasteiger charge is -2.07. The van der Waals surface area contributed by atoms with E-state index in [1.54, 1.807) is 13.1 Å². The number of aryl methyl sites for hydroxylation is 1. The Morgan fingerprint density at radius 2 is 2.12 bits per heavy atom. The third-order valence-corrected chi connectivity index (χ3v) is 2.54. The van der Waals surface area contributed by atoms with Gasteiger partial charge in [-0.1, -0.05) is 0 Å². The Morgan fingerprint density at radius 1 is 1.35 bits per heavy atom. The van der Waals surface area contributed by atoms with Crippen LogP contribution >= 0.6 is 0 Å². The molecule has 0 unspecified atom stereocenters. The average Bonchev–Trinajstić information content (AvgIpc) is 2.35. The average molecular weight is 233 g/mol. The highest BCUT2D eigenvalue weighted by atomic mass is 16.5. The molecular formula is C12H15N3O2. The number of pyridine rings is 2. The lowest BCUT2D eigenvalue weighted by Crippen LogP contribution is -2.18. The molecule has 0 aliphatic carbocycles. The van der Waals surface area contributed by atoms with Gasteiger partial charge in [0.1, 0.15) is 12.3 Å². The topological polar surface area (TPSA) is 56.1 Å². The summed E-state index contributed by atoms with van der Waals surface area (Å²) < 4.78 is 6.97. The van der Waals surface area contributed by atoms with E-state index in [0.717, 1.165) is 11.9 Å². The molecule has 1 N–H and O–H groups in total. The summed E-state index contributed by atoms with van der Waals surface area (Å²) in [6, 6.07) is 7.01. The molecule has 0 saturated heterocycles. The van der Waals surface area contributed by atoms with Crippen molar-refractivity contribution in [3.63, 3.8) is 0 Å². The molecule has 5 heteroatoms. The largest absolute Gasteiger partial charge is 0.476 e. The van der Waals surface area contributed by atoms with Crippen LogP contribution in [0.4, 0.5) is 0 Å². The second-order valence-corrected chi connectivity index (χ2v) is 3.74. The lowest BCUT2D eigenvalue weighted by molar-refractivity contribution is 0.307. The van der Waals surface area contributed by atoms with E-state index in [9.17, 15) is 4.79 Å². The van der Waals surface area contributed by atoms with Crippen molar-refractivity contribution in [3.8, 4) is 5.88 Å². The summed E-state index contributed by atoms with van der Waals surface area (Å²) in [5.74, 6) is 0.536. The minimum Gasteiger partial charge on any atom is -0.476 e. The maximum Gasteiger partial charge on any atom is 0.251 e. The van der Waals surface area contributed by atoms with Crippen LogP contribution in [-0.2, 0) is 7.05 Å². The van der Waals surface area contributed by atoms with Gasteiger partial charge in [-0.3, -0.25) is 9.36 Å². The van der Waals surface area contributed by atoms with Gasteiger partial charge in [0.25, 0.3) is 5.56 Å². The number of hydrogen-bond donors (Lipinski definition) is 1. The van der Waals surface area contributed by atoms with E-state index in [0.29, 0.717) is 18.1 Å². The summed E-state index contributed by atoms with van der Waals surface area (Å²) in [4.78, 5) is 15.8. The van der Waals surface area contributed by atoms with Crippen molar-refractivity contribution in [2.45, 2.75) is 0 Å². The van der Waals surface area contributed by atoms with Crippen LogP contribution in [0.3, 0.4) is 0 Å². The van der Waals surface area contributed by atoms with Crippen LogP contribution in [0.15, 0.2) is 29.1 Å². The predicted octanol–water partition coefficient (Wildman–Crippen LogP) is 0.532. The minimum absolute atomic E-state index is 0.0719. The van der Waals surface area contributed by atoms with Gasteiger partial charge >= 0.3 is 0 Å². The fraction of sp³-hybridized carbons (Fsp3) is 0.333. The van der Waals surface area contributed by atoms with E-state index in [1.807, 2.05) is 19.2 Å². The first-order valence-corrected chi connectivity index (χ1v) is 5.46. The zero-order valence-corrected chi connectivity index (χ0v) is 9.93. The van der Waals surface area contributed by atoms with Gasteiger partial charge in [-0.25, -0.2) is 0 Å². The number of hydrogen-bond acceptors (Lipinski definition) is 4. The van der Waals surface area contributed by atoms with E-state index in [4.69, 9.17) is 4.74 Å². The third kappa shape index (κ3) is 2.45. The van der Waals surface area contributed by atoms with Crippen LogP contribution in [-0.4, -0.2) is 29.8 Å².